The number of amides is 4. The number of piperazine rings is 3. The van der Waals surface area contributed by atoms with Crippen LogP contribution in [0.4, 0.5) is 0 Å². The van der Waals surface area contributed by atoms with E-state index < -0.39 is 57.1 Å². The van der Waals surface area contributed by atoms with Crippen molar-refractivity contribution in [3.63, 3.8) is 0 Å². The number of carbonyl (C=O) groups is 4. The maximum Gasteiger partial charge on any atom is 0.269 e. The molecular weight excluding hydrogens is 492 g/mol. The molecule has 190 valence electrons. The van der Waals surface area contributed by atoms with Gasteiger partial charge in [-0.25, -0.2) is 11.7 Å². The summed E-state index contributed by atoms with van der Waals surface area (Å²) in [5.74, 6) is -0.643. The van der Waals surface area contributed by atoms with Gasteiger partial charge >= 0.3 is 0 Å². The number of hydrogen-bond donors (Lipinski definition) is 2. The van der Waals surface area contributed by atoms with E-state index in [0.717, 1.165) is 0 Å². The summed E-state index contributed by atoms with van der Waals surface area (Å²) in [6.45, 7) is 8.48. The van der Waals surface area contributed by atoms with Gasteiger partial charge in [0.15, 0.2) is 0 Å². The Labute approximate surface area is 217 Å². The van der Waals surface area contributed by atoms with E-state index in [0.29, 0.717) is 0 Å². The lowest BCUT2D eigenvalue weighted by molar-refractivity contribution is -1.06. The fourth-order valence-electron chi connectivity index (χ4n) is 3.99. The Balaban J connectivity index is 0.000000203. The van der Waals surface area contributed by atoms with Gasteiger partial charge in [0.2, 0.25) is 0 Å². The van der Waals surface area contributed by atoms with Crippen molar-refractivity contribution in [2.45, 2.75) is 0 Å². The molecule has 0 aromatic heterocycles. The Bertz CT molecular complexity index is 1340. The standard InChI is InChI=1S/2C8HN4O2.C8H18N2/c2*9-1-4(2-10)6-5(3-11)7(13)12-8(6)14;1-9-3-6-10(2,7-4-9)8-5-9/h2*(H,12,13,14);3-8H2,1-2H3/q2*-1;+2. The lowest BCUT2D eigenvalue weighted by Gasteiger charge is -2.52. The molecule has 38 heavy (non-hydrogen) atoms. The number of nitrogens with one attached hydrogen (secondary N) is 2. The Kier molecular flexibility index (Phi) is 8.72. The fourth-order valence-corrected chi connectivity index (χ4v) is 3.99. The predicted molar refractivity (Wildman–Crippen MR) is 128 cm³/mol. The SMILES string of the molecule is C[N+]12CC[N+](C)(CC1)CC2.N#CC(=C=[N-])C1=C(C#N)C(=O)NC1=O.N#CC(=C=[N-])C1=C(C#N)C(=O)NC1=O. The zero-order valence-electron chi connectivity index (χ0n) is 20.5. The molecular formula is C24H20N10O4. The fraction of sp³-hybridized carbons (Fsp3) is 0.333. The molecule has 0 spiro atoms. The number of fused-ring (bicyclic) bond motifs is 3. The molecule has 5 rings (SSSR count). The molecule has 0 radical (unpaired) electrons. The summed E-state index contributed by atoms with van der Waals surface area (Å²) in [5.41, 5.74) is -2.94. The molecule has 14 heteroatoms. The first-order valence-electron chi connectivity index (χ1n) is 10.9. The van der Waals surface area contributed by atoms with E-state index in [4.69, 9.17) is 31.9 Å². The van der Waals surface area contributed by atoms with E-state index in [2.05, 4.69) is 14.1 Å². The maximum absolute atomic E-state index is 11.0. The van der Waals surface area contributed by atoms with Crippen LogP contribution in [0.5, 0.6) is 0 Å². The Morgan fingerprint density at radius 2 is 0.921 bits per heavy atom. The van der Waals surface area contributed by atoms with Gasteiger partial charge in [0.1, 0.15) is 74.7 Å². The number of imide groups is 2. The van der Waals surface area contributed by atoms with Gasteiger partial charge < -0.3 is 19.8 Å². The summed E-state index contributed by atoms with van der Waals surface area (Å²) in [4.78, 5) is 43.9. The molecule has 3 saturated heterocycles. The van der Waals surface area contributed by atoms with Crippen molar-refractivity contribution in [3.05, 3.63) is 44.3 Å². The second kappa shape index (κ2) is 11.5. The smallest absolute Gasteiger partial charge is 0.269 e. The van der Waals surface area contributed by atoms with Gasteiger partial charge in [-0.05, 0) is 0 Å². The lowest BCUT2D eigenvalue weighted by Crippen LogP contribution is -2.72. The highest BCUT2D eigenvalue weighted by atomic mass is 16.2. The van der Waals surface area contributed by atoms with Crippen LogP contribution in [-0.4, -0.2) is 97.7 Å². The molecule has 0 aliphatic carbocycles. The number of rotatable bonds is 2. The molecule has 4 amide bonds. The van der Waals surface area contributed by atoms with Crippen LogP contribution in [0.25, 0.3) is 10.8 Å². The molecule has 0 unspecified atom stereocenters. The van der Waals surface area contributed by atoms with Gasteiger partial charge in [0, 0.05) is 0 Å². The maximum atomic E-state index is 11.0. The zero-order chi connectivity index (χ0) is 28.7. The first kappa shape index (κ1) is 28.8. The minimum atomic E-state index is -0.885. The van der Waals surface area contributed by atoms with Gasteiger partial charge in [-0.2, -0.15) is 21.0 Å². The average Bonchev–Trinajstić information content (AvgIpc) is 3.35. The van der Waals surface area contributed by atoms with E-state index >= 15 is 0 Å². The van der Waals surface area contributed by atoms with E-state index in [-0.39, 0.29) is 0 Å². The Morgan fingerprint density at radius 1 is 0.632 bits per heavy atom. The van der Waals surface area contributed by atoms with Crippen molar-refractivity contribution in [1.29, 1.82) is 21.0 Å². The van der Waals surface area contributed by atoms with Crippen molar-refractivity contribution in [1.82, 2.24) is 10.6 Å². The molecule has 3 fully saturated rings. The van der Waals surface area contributed by atoms with Gasteiger partial charge in [0.05, 0.1) is 36.4 Å². The van der Waals surface area contributed by atoms with E-state index in [1.54, 1.807) is 0 Å². The van der Waals surface area contributed by atoms with Crippen molar-refractivity contribution in [2.75, 3.05) is 53.4 Å². The third kappa shape index (κ3) is 5.84. The normalized spacial score (nSPS) is 24.5. The number of likely N-dealkylation sites (N-methyl/N-ethyl adjacent to an activating group) is 2. The van der Waals surface area contributed by atoms with Crippen LogP contribution in [0, 0.1) is 45.3 Å². The second-order valence-corrected chi connectivity index (χ2v) is 9.07. The molecule has 0 aromatic carbocycles. The van der Waals surface area contributed by atoms with Crippen LogP contribution in [0.1, 0.15) is 0 Å². The monoisotopic (exact) mass is 512 g/mol. The number of hydrogen-bond acceptors (Lipinski definition) is 8. The Hall–Kier alpha value is -5.46. The number of nitriles is 4. The van der Waals surface area contributed by atoms with Crippen molar-refractivity contribution < 1.29 is 28.1 Å². The molecule has 14 nitrogen and oxygen atoms in total. The topological polar surface area (TPSA) is 232 Å². The summed E-state index contributed by atoms with van der Waals surface area (Å²) < 4.78 is 2.71. The molecule has 0 atom stereocenters. The highest BCUT2D eigenvalue weighted by molar-refractivity contribution is 6.25. The van der Waals surface area contributed by atoms with E-state index in [1.807, 2.05) is 10.6 Å². The molecule has 5 heterocycles. The summed E-state index contributed by atoms with van der Waals surface area (Å²) in [7, 11) is 4.81. The summed E-state index contributed by atoms with van der Waals surface area (Å²) >= 11 is 0. The quantitative estimate of drug-likeness (QED) is 0.185. The van der Waals surface area contributed by atoms with Gasteiger partial charge in [0.25, 0.3) is 23.6 Å². The number of quaternary nitrogens is 2. The molecule has 5 aliphatic heterocycles. The van der Waals surface area contributed by atoms with Crippen LogP contribution in [0.3, 0.4) is 0 Å². The van der Waals surface area contributed by atoms with Crippen LogP contribution in [0.15, 0.2) is 33.4 Å². The predicted octanol–water partition coefficient (Wildman–Crippen LogP) is -1.79. The lowest BCUT2D eigenvalue weighted by atomic mass is 10.1. The first-order chi connectivity index (χ1) is 17.9. The third-order valence-electron chi connectivity index (χ3n) is 6.57. The second-order valence-electron chi connectivity index (χ2n) is 9.07. The van der Waals surface area contributed by atoms with E-state index in [9.17, 15) is 19.2 Å². The van der Waals surface area contributed by atoms with Crippen molar-refractivity contribution in [2.24, 2.45) is 0 Å². The van der Waals surface area contributed by atoms with Crippen molar-refractivity contribution >= 4 is 35.4 Å². The van der Waals surface area contributed by atoms with Gasteiger partial charge in [-0.3, -0.25) is 29.8 Å². The van der Waals surface area contributed by atoms with Crippen LogP contribution in [0.2, 0.25) is 0 Å². The van der Waals surface area contributed by atoms with Crippen LogP contribution < -0.4 is 10.6 Å². The van der Waals surface area contributed by atoms with Gasteiger partial charge in [-0.1, -0.05) is 0 Å². The summed E-state index contributed by atoms with van der Waals surface area (Å²) in [5, 5.41) is 54.5. The van der Waals surface area contributed by atoms with Crippen LogP contribution >= 0.6 is 0 Å². The minimum absolute atomic E-state index is 0.442. The number of carbonyl (C=O) groups excluding carboxylic acids is 4. The average molecular weight is 512 g/mol. The van der Waals surface area contributed by atoms with E-state index in [1.165, 1.54) is 84.3 Å². The molecule has 2 bridgehead atoms. The third-order valence-corrected chi connectivity index (χ3v) is 6.57. The molecule has 0 aromatic rings. The summed E-state index contributed by atoms with van der Waals surface area (Å²) in [6.07, 6.45) is 0. The molecule has 0 saturated carbocycles. The van der Waals surface area contributed by atoms with Gasteiger partial charge in [-0.15, -0.1) is 0 Å². The summed E-state index contributed by atoms with van der Waals surface area (Å²) in [6, 6.07) is 5.82. The molecule has 5 aliphatic rings. The van der Waals surface area contributed by atoms with Crippen LogP contribution in [-0.2, 0) is 19.2 Å². The zero-order valence-corrected chi connectivity index (χ0v) is 20.5. The first-order valence-corrected chi connectivity index (χ1v) is 10.9. The largest absolute Gasteiger partial charge is 0.762 e. The Morgan fingerprint density at radius 3 is 1.13 bits per heavy atom. The van der Waals surface area contributed by atoms with Crippen molar-refractivity contribution in [3.8, 4) is 24.3 Å². The molecule has 2 N–H and O–H groups in total. The number of nitrogens with zero attached hydrogens (tertiary/aromatic N) is 8. The highest BCUT2D eigenvalue weighted by Crippen LogP contribution is 2.22. The highest BCUT2D eigenvalue weighted by Gasteiger charge is 2.43. The minimum Gasteiger partial charge on any atom is -0.762 e.